The zero-order valence-electron chi connectivity index (χ0n) is 8.98. The Hall–Kier alpha value is -1.02. The van der Waals surface area contributed by atoms with Gasteiger partial charge < -0.3 is 9.67 Å². The molecular formula is C12H19NO. The van der Waals surface area contributed by atoms with E-state index < -0.39 is 0 Å². The number of aliphatic hydroxyl groups excluding tert-OH is 1. The van der Waals surface area contributed by atoms with E-state index >= 15 is 0 Å². The van der Waals surface area contributed by atoms with E-state index in [0.29, 0.717) is 0 Å². The Bertz CT molecular complexity index is 288. The zero-order valence-corrected chi connectivity index (χ0v) is 8.98. The molecule has 78 valence electrons. The van der Waals surface area contributed by atoms with Crippen LogP contribution < -0.4 is 0 Å². The summed E-state index contributed by atoms with van der Waals surface area (Å²) in [5, 5.41) is 9.73. The summed E-state index contributed by atoms with van der Waals surface area (Å²) in [5.74, 6) is 0. The van der Waals surface area contributed by atoms with Crippen LogP contribution in [0.25, 0.3) is 0 Å². The van der Waals surface area contributed by atoms with Crippen molar-refractivity contribution in [3.63, 3.8) is 0 Å². The largest absolute Gasteiger partial charge is 0.388 e. The summed E-state index contributed by atoms with van der Waals surface area (Å²) in [4.78, 5) is 0. The maximum Gasteiger partial charge on any atom is 0.0804 e. The molecule has 2 nitrogen and oxygen atoms in total. The van der Waals surface area contributed by atoms with Crippen molar-refractivity contribution in [1.29, 1.82) is 0 Å². The van der Waals surface area contributed by atoms with Crippen LogP contribution in [-0.4, -0.2) is 9.67 Å². The predicted molar refractivity (Wildman–Crippen MR) is 59.1 cm³/mol. The highest BCUT2D eigenvalue weighted by atomic mass is 16.3. The molecule has 0 fully saturated rings. The molecule has 1 unspecified atom stereocenters. The van der Waals surface area contributed by atoms with E-state index in [1.165, 1.54) is 0 Å². The van der Waals surface area contributed by atoms with Gasteiger partial charge in [0.1, 0.15) is 0 Å². The summed E-state index contributed by atoms with van der Waals surface area (Å²) in [6.45, 7) is 4.98. The molecule has 1 N–H and O–H groups in total. The van der Waals surface area contributed by atoms with Crippen LogP contribution >= 0.6 is 0 Å². The van der Waals surface area contributed by atoms with Crippen molar-refractivity contribution in [1.82, 2.24) is 4.57 Å². The van der Waals surface area contributed by atoms with E-state index in [-0.39, 0.29) is 6.10 Å². The Labute approximate surface area is 85.9 Å². The molecule has 0 saturated heterocycles. The van der Waals surface area contributed by atoms with Crippen LogP contribution in [0.1, 0.15) is 38.4 Å². The second kappa shape index (κ2) is 5.66. The maximum absolute atomic E-state index is 9.73. The Kier molecular flexibility index (Phi) is 4.47. The van der Waals surface area contributed by atoms with Gasteiger partial charge in [-0.25, -0.2) is 0 Å². The minimum Gasteiger partial charge on any atom is -0.388 e. The highest BCUT2D eigenvalue weighted by Gasteiger charge is 2.06. The number of hydrogen-bond acceptors (Lipinski definition) is 1. The lowest BCUT2D eigenvalue weighted by Crippen LogP contribution is -1.95. The molecule has 0 aliphatic carbocycles. The van der Waals surface area contributed by atoms with Gasteiger partial charge in [0.05, 0.1) is 6.10 Å². The molecule has 1 heterocycles. The van der Waals surface area contributed by atoms with Gasteiger partial charge in [0.15, 0.2) is 0 Å². The Morgan fingerprint density at radius 1 is 1.57 bits per heavy atom. The van der Waals surface area contributed by atoms with Crippen LogP contribution in [-0.2, 0) is 6.54 Å². The van der Waals surface area contributed by atoms with Crippen molar-refractivity contribution >= 4 is 0 Å². The minimum atomic E-state index is -0.299. The van der Waals surface area contributed by atoms with Crippen molar-refractivity contribution in [2.75, 3.05) is 0 Å². The van der Waals surface area contributed by atoms with Crippen LogP contribution in [0.3, 0.4) is 0 Å². The number of aliphatic hydroxyl groups is 1. The molecule has 1 rings (SSSR count). The number of hydrogen-bond donors (Lipinski definition) is 1. The van der Waals surface area contributed by atoms with Gasteiger partial charge in [-0.2, -0.15) is 0 Å². The average Bonchev–Trinajstić information content (AvgIpc) is 2.63. The molecule has 0 radical (unpaired) electrons. The standard InChI is InChI=1S/C12H19NO/c1-3-5-8-13-9-7-11(10-13)12(14)6-4-2/h3,5,7,9-10,12,14H,4,6,8H2,1-2H3. The first-order valence-electron chi connectivity index (χ1n) is 5.22. The number of nitrogens with zero attached hydrogens (tertiary/aromatic N) is 1. The summed E-state index contributed by atoms with van der Waals surface area (Å²) in [6, 6.07) is 1.99. The lowest BCUT2D eigenvalue weighted by atomic mass is 10.1. The molecule has 0 spiro atoms. The highest BCUT2D eigenvalue weighted by Crippen LogP contribution is 2.18. The summed E-state index contributed by atoms with van der Waals surface area (Å²) in [5.41, 5.74) is 1.02. The first-order valence-corrected chi connectivity index (χ1v) is 5.22. The van der Waals surface area contributed by atoms with Crippen molar-refractivity contribution in [3.05, 3.63) is 36.2 Å². The first-order chi connectivity index (χ1) is 6.77. The van der Waals surface area contributed by atoms with Gasteiger partial charge in [0.2, 0.25) is 0 Å². The van der Waals surface area contributed by atoms with Crippen molar-refractivity contribution < 1.29 is 5.11 Å². The Balaban J connectivity index is 2.58. The van der Waals surface area contributed by atoms with Crippen molar-refractivity contribution in [3.8, 4) is 0 Å². The molecule has 1 aromatic rings. The molecule has 0 aromatic carbocycles. The third-order valence-corrected chi connectivity index (χ3v) is 2.27. The second-order valence-electron chi connectivity index (χ2n) is 3.52. The topological polar surface area (TPSA) is 25.2 Å². The van der Waals surface area contributed by atoms with Crippen LogP contribution in [0.5, 0.6) is 0 Å². The molecular weight excluding hydrogens is 174 g/mol. The molecule has 0 aliphatic heterocycles. The van der Waals surface area contributed by atoms with Crippen LogP contribution in [0.2, 0.25) is 0 Å². The highest BCUT2D eigenvalue weighted by molar-refractivity contribution is 5.13. The minimum absolute atomic E-state index is 0.299. The molecule has 1 aromatic heterocycles. The first kappa shape index (κ1) is 11.1. The van der Waals surface area contributed by atoms with E-state index in [9.17, 15) is 5.11 Å². The van der Waals surface area contributed by atoms with E-state index in [2.05, 4.69) is 17.6 Å². The molecule has 0 amide bonds. The van der Waals surface area contributed by atoms with Gasteiger partial charge >= 0.3 is 0 Å². The van der Waals surface area contributed by atoms with Gasteiger partial charge in [0, 0.05) is 18.9 Å². The van der Waals surface area contributed by atoms with Crippen LogP contribution in [0.15, 0.2) is 30.6 Å². The lowest BCUT2D eigenvalue weighted by molar-refractivity contribution is 0.166. The fourth-order valence-corrected chi connectivity index (χ4v) is 1.44. The summed E-state index contributed by atoms with van der Waals surface area (Å²) in [7, 11) is 0. The van der Waals surface area contributed by atoms with E-state index in [0.717, 1.165) is 24.9 Å². The fourth-order valence-electron chi connectivity index (χ4n) is 1.44. The number of aromatic nitrogens is 1. The number of rotatable bonds is 5. The average molecular weight is 193 g/mol. The summed E-state index contributed by atoms with van der Waals surface area (Å²) >= 11 is 0. The van der Waals surface area contributed by atoms with Crippen molar-refractivity contribution in [2.24, 2.45) is 0 Å². The number of allylic oxidation sites excluding steroid dienone is 2. The quantitative estimate of drug-likeness (QED) is 0.715. The summed E-state index contributed by atoms with van der Waals surface area (Å²) in [6.07, 6.45) is 9.70. The molecule has 0 bridgehead atoms. The van der Waals surface area contributed by atoms with E-state index in [1.807, 2.05) is 31.5 Å². The molecule has 0 aliphatic rings. The second-order valence-corrected chi connectivity index (χ2v) is 3.52. The Morgan fingerprint density at radius 3 is 3.00 bits per heavy atom. The van der Waals surface area contributed by atoms with Gasteiger partial charge in [-0.15, -0.1) is 0 Å². The van der Waals surface area contributed by atoms with E-state index in [1.54, 1.807) is 0 Å². The smallest absolute Gasteiger partial charge is 0.0804 e. The van der Waals surface area contributed by atoms with Gasteiger partial charge in [-0.05, 0) is 25.0 Å². The predicted octanol–water partition coefficient (Wildman–Crippen LogP) is 2.90. The SMILES string of the molecule is CC=CCn1ccc(C(O)CCC)c1. The molecule has 0 saturated carbocycles. The Morgan fingerprint density at radius 2 is 2.36 bits per heavy atom. The van der Waals surface area contributed by atoms with Crippen LogP contribution in [0, 0.1) is 0 Å². The van der Waals surface area contributed by atoms with Crippen LogP contribution in [0.4, 0.5) is 0 Å². The third-order valence-electron chi connectivity index (χ3n) is 2.27. The van der Waals surface area contributed by atoms with Gasteiger partial charge in [-0.3, -0.25) is 0 Å². The zero-order chi connectivity index (χ0) is 10.4. The molecule has 14 heavy (non-hydrogen) atoms. The molecule has 1 atom stereocenters. The fraction of sp³-hybridized carbons (Fsp3) is 0.500. The van der Waals surface area contributed by atoms with Crippen molar-refractivity contribution in [2.45, 2.75) is 39.3 Å². The van der Waals surface area contributed by atoms with E-state index in [4.69, 9.17) is 0 Å². The lowest BCUT2D eigenvalue weighted by Gasteiger charge is -2.05. The maximum atomic E-state index is 9.73. The summed E-state index contributed by atoms with van der Waals surface area (Å²) < 4.78 is 2.08. The monoisotopic (exact) mass is 193 g/mol. The third kappa shape index (κ3) is 3.04. The van der Waals surface area contributed by atoms with Gasteiger partial charge in [-0.1, -0.05) is 25.5 Å². The normalized spacial score (nSPS) is 13.6. The molecule has 2 heteroatoms. The van der Waals surface area contributed by atoms with Gasteiger partial charge in [0.25, 0.3) is 0 Å².